The van der Waals surface area contributed by atoms with Gasteiger partial charge in [0.25, 0.3) is 0 Å². The molecule has 1 rings (SSSR count). The standard InChI is InChI=1S/C13H23N3/c1-6-7-14-12(8-10(2)3)13-9-11(4)15-16(13)5/h8-9,12,14H,6-7H2,1-5H3. The highest BCUT2D eigenvalue weighted by molar-refractivity contribution is 5.19. The van der Waals surface area contributed by atoms with E-state index >= 15 is 0 Å². The van der Waals surface area contributed by atoms with Crippen molar-refractivity contribution in [1.29, 1.82) is 0 Å². The summed E-state index contributed by atoms with van der Waals surface area (Å²) in [6.45, 7) is 9.50. The summed E-state index contributed by atoms with van der Waals surface area (Å²) >= 11 is 0. The van der Waals surface area contributed by atoms with Gasteiger partial charge >= 0.3 is 0 Å². The first-order valence-corrected chi connectivity index (χ1v) is 5.93. The van der Waals surface area contributed by atoms with Gasteiger partial charge in [-0.25, -0.2) is 0 Å². The van der Waals surface area contributed by atoms with Gasteiger partial charge in [-0.1, -0.05) is 18.6 Å². The van der Waals surface area contributed by atoms with Crippen molar-refractivity contribution >= 4 is 0 Å². The topological polar surface area (TPSA) is 29.9 Å². The van der Waals surface area contributed by atoms with Crippen LogP contribution in [0.5, 0.6) is 0 Å². The largest absolute Gasteiger partial charge is 0.305 e. The maximum Gasteiger partial charge on any atom is 0.0680 e. The molecule has 0 fully saturated rings. The summed E-state index contributed by atoms with van der Waals surface area (Å²) in [6, 6.07) is 2.42. The van der Waals surface area contributed by atoms with Gasteiger partial charge in [0, 0.05) is 7.05 Å². The van der Waals surface area contributed by atoms with Gasteiger partial charge in [0.2, 0.25) is 0 Å². The van der Waals surface area contributed by atoms with Crippen molar-refractivity contribution in [3.8, 4) is 0 Å². The third-order valence-electron chi connectivity index (χ3n) is 2.47. The number of aryl methyl sites for hydroxylation is 2. The molecule has 16 heavy (non-hydrogen) atoms. The molecular weight excluding hydrogens is 198 g/mol. The smallest absolute Gasteiger partial charge is 0.0680 e. The Kier molecular flexibility index (Phi) is 4.74. The van der Waals surface area contributed by atoms with Gasteiger partial charge in [0.05, 0.1) is 17.4 Å². The Morgan fingerprint density at radius 1 is 1.56 bits per heavy atom. The van der Waals surface area contributed by atoms with E-state index in [9.17, 15) is 0 Å². The number of hydrogen-bond acceptors (Lipinski definition) is 2. The highest BCUT2D eigenvalue weighted by Crippen LogP contribution is 2.16. The zero-order chi connectivity index (χ0) is 12.1. The molecular formula is C13H23N3. The highest BCUT2D eigenvalue weighted by atomic mass is 15.3. The molecule has 1 aromatic heterocycles. The molecule has 0 aliphatic rings. The van der Waals surface area contributed by atoms with Crippen molar-refractivity contribution in [2.75, 3.05) is 6.54 Å². The van der Waals surface area contributed by atoms with Gasteiger partial charge < -0.3 is 5.32 Å². The van der Waals surface area contributed by atoms with E-state index < -0.39 is 0 Å². The fourth-order valence-electron chi connectivity index (χ4n) is 1.80. The van der Waals surface area contributed by atoms with Gasteiger partial charge in [0.15, 0.2) is 0 Å². The van der Waals surface area contributed by atoms with E-state index in [2.05, 4.69) is 43.3 Å². The average Bonchev–Trinajstić information content (AvgIpc) is 2.52. The predicted molar refractivity (Wildman–Crippen MR) is 68.4 cm³/mol. The fraction of sp³-hybridized carbons (Fsp3) is 0.615. The van der Waals surface area contributed by atoms with E-state index in [0.29, 0.717) is 0 Å². The first kappa shape index (κ1) is 13.0. The molecule has 0 amide bonds. The van der Waals surface area contributed by atoms with Crippen molar-refractivity contribution in [1.82, 2.24) is 15.1 Å². The average molecular weight is 221 g/mol. The Bertz CT molecular complexity index is 359. The minimum atomic E-state index is 0.274. The van der Waals surface area contributed by atoms with Crippen LogP contribution >= 0.6 is 0 Å². The maximum atomic E-state index is 4.39. The van der Waals surface area contributed by atoms with Crippen LogP contribution in [0.2, 0.25) is 0 Å². The van der Waals surface area contributed by atoms with E-state index in [1.807, 2.05) is 18.7 Å². The Balaban J connectivity index is 2.91. The number of rotatable bonds is 5. The number of aromatic nitrogens is 2. The third-order valence-corrected chi connectivity index (χ3v) is 2.47. The third kappa shape index (κ3) is 3.49. The predicted octanol–water partition coefficient (Wildman–Crippen LogP) is 2.74. The van der Waals surface area contributed by atoms with Crippen molar-refractivity contribution in [2.24, 2.45) is 7.05 Å². The lowest BCUT2D eigenvalue weighted by molar-refractivity contribution is 0.563. The quantitative estimate of drug-likeness (QED) is 0.775. The van der Waals surface area contributed by atoms with Crippen LogP contribution in [0, 0.1) is 6.92 Å². The Morgan fingerprint density at radius 2 is 2.25 bits per heavy atom. The van der Waals surface area contributed by atoms with Crippen LogP contribution in [0.25, 0.3) is 0 Å². The van der Waals surface area contributed by atoms with Crippen molar-refractivity contribution in [3.05, 3.63) is 29.1 Å². The molecule has 0 spiro atoms. The molecule has 1 unspecified atom stereocenters. The van der Waals surface area contributed by atoms with Gasteiger partial charge in [-0.15, -0.1) is 0 Å². The summed E-state index contributed by atoms with van der Waals surface area (Å²) in [6.07, 6.45) is 3.40. The van der Waals surface area contributed by atoms with E-state index in [-0.39, 0.29) is 6.04 Å². The molecule has 0 radical (unpaired) electrons. The van der Waals surface area contributed by atoms with Crippen LogP contribution in [0.1, 0.15) is 44.6 Å². The molecule has 1 N–H and O–H groups in total. The molecule has 1 atom stereocenters. The summed E-state index contributed by atoms with van der Waals surface area (Å²) in [7, 11) is 2.00. The molecule has 0 bridgehead atoms. The monoisotopic (exact) mass is 221 g/mol. The minimum Gasteiger partial charge on any atom is -0.305 e. The van der Waals surface area contributed by atoms with Gasteiger partial charge in [-0.2, -0.15) is 5.10 Å². The van der Waals surface area contributed by atoms with Crippen molar-refractivity contribution < 1.29 is 0 Å². The summed E-state index contributed by atoms with van der Waals surface area (Å²) in [4.78, 5) is 0. The summed E-state index contributed by atoms with van der Waals surface area (Å²) < 4.78 is 1.96. The van der Waals surface area contributed by atoms with Crippen LogP contribution in [0.15, 0.2) is 17.7 Å². The summed E-state index contributed by atoms with van der Waals surface area (Å²) in [5.74, 6) is 0. The van der Waals surface area contributed by atoms with Gasteiger partial charge in [0.1, 0.15) is 0 Å². The molecule has 3 heteroatoms. The molecule has 3 nitrogen and oxygen atoms in total. The zero-order valence-electron chi connectivity index (χ0n) is 11.0. The number of hydrogen-bond donors (Lipinski definition) is 1. The Hall–Kier alpha value is -1.09. The Morgan fingerprint density at radius 3 is 2.69 bits per heavy atom. The first-order chi connectivity index (χ1) is 7.54. The first-order valence-electron chi connectivity index (χ1n) is 5.93. The van der Waals surface area contributed by atoms with Crippen LogP contribution < -0.4 is 5.32 Å². The molecule has 0 saturated heterocycles. The number of allylic oxidation sites excluding steroid dienone is 1. The second kappa shape index (κ2) is 5.85. The summed E-state index contributed by atoms with van der Waals surface area (Å²) in [5, 5.41) is 7.93. The van der Waals surface area contributed by atoms with E-state index in [4.69, 9.17) is 0 Å². The molecule has 1 heterocycles. The highest BCUT2D eigenvalue weighted by Gasteiger charge is 2.12. The van der Waals surface area contributed by atoms with Crippen LogP contribution in [0.3, 0.4) is 0 Å². The van der Waals surface area contributed by atoms with Gasteiger partial charge in [-0.05, 0) is 39.8 Å². The zero-order valence-corrected chi connectivity index (χ0v) is 11.0. The van der Waals surface area contributed by atoms with Crippen molar-refractivity contribution in [3.63, 3.8) is 0 Å². The normalized spacial score (nSPS) is 12.6. The van der Waals surface area contributed by atoms with Crippen LogP contribution in [-0.2, 0) is 7.05 Å². The van der Waals surface area contributed by atoms with Crippen molar-refractivity contribution in [2.45, 2.75) is 40.2 Å². The minimum absolute atomic E-state index is 0.274. The van der Waals surface area contributed by atoms with E-state index in [1.54, 1.807) is 0 Å². The van der Waals surface area contributed by atoms with Crippen LogP contribution in [-0.4, -0.2) is 16.3 Å². The lowest BCUT2D eigenvalue weighted by Gasteiger charge is -2.15. The Labute approximate surface area is 98.5 Å². The fourth-order valence-corrected chi connectivity index (χ4v) is 1.80. The molecule has 0 aromatic carbocycles. The number of nitrogens with zero attached hydrogens (tertiary/aromatic N) is 2. The molecule has 1 aromatic rings. The second-order valence-corrected chi connectivity index (χ2v) is 4.51. The number of nitrogens with one attached hydrogen (secondary N) is 1. The lowest BCUT2D eigenvalue weighted by atomic mass is 10.1. The SMILES string of the molecule is CCCNC(C=C(C)C)c1cc(C)nn1C. The van der Waals surface area contributed by atoms with E-state index in [1.165, 1.54) is 11.3 Å². The molecule has 0 saturated carbocycles. The lowest BCUT2D eigenvalue weighted by Crippen LogP contribution is -2.22. The molecule has 0 aliphatic heterocycles. The molecule has 90 valence electrons. The summed E-state index contributed by atoms with van der Waals surface area (Å²) in [5.41, 5.74) is 3.63. The van der Waals surface area contributed by atoms with E-state index in [0.717, 1.165) is 18.7 Å². The molecule has 0 aliphatic carbocycles. The second-order valence-electron chi connectivity index (χ2n) is 4.51. The van der Waals surface area contributed by atoms with Crippen LogP contribution in [0.4, 0.5) is 0 Å². The maximum absolute atomic E-state index is 4.39. The van der Waals surface area contributed by atoms with Gasteiger partial charge in [-0.3, -0.25) is 4.68 Å².